The number of rotatable bonds is 2. The van der Waals surface area contributed by atoms with E-state index in [0.717, 1.165) is 60.5 Å². The lowest BCUT2D eigenvalue weighted by atomic mass is 10.0. The van der Waals surface area contributed by atoms with E-state index in [0.29, 0.717) is 11.7 Å². The van der Waals surface area contributed by atoms with Crippen molar-refractivity contribution in [2.45, 2.75) is 0 Å². The molecule has 0 atom stereocenters. The van der Waals surface area contributed by atoms with Gasteiger partial charge in [0.2, 0.25) is 11.7 Å². The summed E-state index contributed by atoms with van der Waals surface area (Å²) in [5, 5.41) is 6.47. The van der Waals surface area contributed by atoms with Crippen LogP contribution < -0.4 is 0 Å². The van der Waals surface area contributed by atoms with Crippen LogP contribution in [0.1, 0.15) is 0 Å². The molecule has 1 N–H and O–H groups in total. The summed E-state index contributed by atoms with van der Waals surface area (Å²) >= 11 is 0. The van der Waals surface area contributed by atoms with Crippen LogP contribution in [0, 0.1) is 0 Å². The molecule has 4 heterocycles. The number of hydrogen-bond donors (Lipinski definition) is 1. The second-order valence-corrected chi connectivity index (χ2v) is 9.93. The third-order valence-electron chi connectivity index (χ3n) is 7.78. The summed E-state index contributed by atoms with van der Waals surface area (Å²) in [6, 6.07) is 39.7. The summed E-state index contributed by atoms with van der Waals surface area (Å²) in [5.41, 5.74) is 7.53. The first kappa shape index (κ1) is 20.6. The number of aromatic nitrogens is 4. The van der Waals surface area contributed by atoms with Gasteiger partial charge in [-0.05, 0) is 30.3 Å². The maximum absolute atomic E-state index is 6.67. The summed E-state index contributed by atoms with van der Waals surface area (Å²) in [4.78, 5) is 13.9. The number of nitrogens with one attached hydrogen (secondary N) is 1. The lowest BCUT2D eigenvalue weighted by Crippen LogP contribution is -2.02. The molecule has 0 unspecified atom stereocenters. The van der Waals surface area contributed by atoms with E-state index in [4.69, 9.17) is 14.4 Å². The van der Waals surface area contributed by atoms with Gasteiger partial charge in [0, 0.05) is 32.6 Å². The fourth-order valence-corrected chi connectivity index (χ4v) is 6.10. The molecule has 4 aromatic heterocycles. The fourth-order valence-electron chi connectivity index (χ4n) is 6.10. The van der Waals surface area contributed by atoms with Gasteiger partial charge in [-0.25, -0.2) is 4.98 Å². The number of fused-ring (bicyclic) bond motifs is 10. The Balaban J connectivity index is 1.46. The maximum Gasteiger partial charge on any atom is 0.238 e. The van der Waals surface area contributed by atoms with Crippen molar-refractivity contribution < 1.29 is 4.42 Å². The first-order valence-electron chi connectivity index (χ1n) is 13.0. The number of furan rings is 1. The van der Waals surface area contributed by atoms with Gasteiger partial charge in [-0.2, -0.15) is 4.98 Å². The van der Waals surface area contributed by atoms with E-state index in [-0.39, 0.29) is 0 Å². The molecule has 5 nitrogen and oxygen atoms in total. The van der Waals surface area contributed by atoms with E-state index in [2.05, 4.69) is 101 Å². The Bertz CT molecular complexity index is 2340. The molecule has 0 saturated carbocycles. The summed E-state index contributed by atoms with van der Waals surface area (Å²) in [5.74, 6) is 0.591. The zero-order valence-electron chi connectivity index (χ0n) is 20.7. The minimum atomic E-state index is 0.577. The number of hydrogen-bond acceptors (Lipinski definition) is 3. The molecule has 0 amide bonds. The van der Waals surface area contributed by atoms with Gasteiger partial charge in [-0.1, -0.05) is 84.9 Å². The van der Waals surface area contributed by atoms with Crippen molar-refractivity contribution in [2.24, 2.45) is 0 Å². The number of para-hydroxylation sites is 3. The maximum atomic E-state index is 6.67. The van der Waals surface area contributed by atoms with Gasteiger partial charge in [0.1, 0.15) is 5.58 Å². The Morgan fingerprint density at radius 3 is 1.97 bits per heavy atom. The Labute approximate surface area is 221 Å². The first-order chi connectivity index (χ1) is 19.3. The first-order valence-corrected chi connectivity index (χ1v) is 13.0. The third-order valence-corrected chi connectivity index (χ3v) is 7.78. The van der Waals surface area contributed by atoms with Crippen molar-refractivity contribution in [1.82, 2.24) is 19.5 Å². The van der Waals surface area contributed by atoms with Crippen molar-refractivity contribution in [1.29, 1.82) is 0 Å². The van der Waals surface area contributed by atoms with Crippen molar-refractivity contribution in [3.63, 3.8) is 0 Å². The topological polar surface area (TPSA) is 59.6 Å². The normalized spacial score (nSPS) is 12.1. The molecule has 182 valence electrons. The van der Waals surface area contributed by atoms with Crippen LogP contribution >= 0.6 is 0 Å². The van der Waals surface area contributed by atoms with Gasteiger partial charge in [-0.15, -0.1) is 0 Å². The van der Waals surface area contributed by atoms with Gasteiger partial charge in [0.25, 0.3) is 0 Å². The Kier molecular flexibility index (Phi) is 3.99. The molecule has 0 aliphatic rings. The number of H-pyrrole nitrogens is 1. The van der Waals surface area contributed by atoms with Crippen molar-refractivity contribution >= 4 is 65.7 Å². The molecule has 0 spiro atoms. The fraction of sp³-hybridized carbons (Fsp3) is 0. The van der Waals surface area contributed by atoms with Gasteiger partial charge in [0.05, 0.1) is 33.0 Å². The van der Waals surface area contributed by atoms with Crippen molar-refractivity contribution in [3.05, 3.63) is 115 Å². The molecule has 0 bridgehead atoms. The van der Waals surface area contributed by atoms with Crippen LogP contribution in [-0.2, 0) is 0 Å². The molecule has 0 aliphatic heterocycles. The van der Waals surface area contributed by atoms with Crippen LogP contribution in [0.3, 0.4) is 0 Å². The summed E-state index contributed by atoms with van der Waals surface area (Å²) < 4.78 is 8.82. The van der Waals surface area contributed by atoms with Crippen LogP contribution in [0.2, 0.25) is 0 Å². The predicted octanol–water partition coefficient (Wildman–Crippen LogP) is 8.77. The minimum absolute atomic E-state index is 0.577. The zero-order chi connectivity index (χ0) is 25.5. The highest BCUT2D eigenvalue weighted by atomic mass is 16.3. The van der Waals surface area contributed by atoms with E-state index < -0.39 is 0 Å². The second-order valence-electron chi connectivity index (χ2n) is 9.93. The molecule has 9 rings (SSSR count). The summed E-state index contributed by atoms with van der Waals surface area (Å²) in [6.07, 6.45) is 0. The Morgan fingerprint density at radius 2 is 1.21 bits per heavy atom. The van der Waals surface area contributed by atoms with Crippen LogP contribution in [-0.4, -0.2) is 19.5 Å². The summed E-state index contributed by atoms with van der Waals surface area (Å²) in [7, 11) is 0. The number of nitrogens with zero attached hydrogens (tertiary/aromatic N) is 3. The standard InChI is InChI=1S/C34H20N4O/c1-2-10-20(11-3-1)31-30-24-18-19-26-29(23-14-4-7-15-25(23)35-26)32(24)39-33(30)37-34(36-31)38-27-16-8-5-12-21(27)22-13-6-9-17-28(22)38/h1-19,35H. The van der Waals surface area contributed by atoms with Crippen LogP contribution in [0.15, 0.2) is 120 Å². The molecule has 5 aromatic carbocycles. The molecule has 5 heteroatoms. The van der Waals surface area contributed by atoms with E-state index in [1.165, 1.54) is 10.8 Å². The smallest absolute Gasteiger partial charge is 0.238 e. The highest BCUT2D eigenvalue weighted by molar-refractivity contribution is 6.24. The largest absolute Gasteiger partial charge is 0.437 e. The van der Waals surface area contributed by atoms with Crippen LogP contribution in [0.5, 0.6) is 0 Å². The molecule has 0 aliphatic carbocycles. The molecule has 0 saturated heterocycles. The molecule has 0 radical (unpaired) electrons. The zero-order valence-corrected chi connectivity index (χ0v) is 20.7. The summed E-state index contributed by atoms with van der Waals surface area (Å²) in [6.45, 7) is 0. The monoisotopic (exact) mass is 500 g/mol. The molecular formula is C34H20N4O. The lowest BCUT2D eigenvalue weighted by Gasteiger charge is -2.09. The quantitative estimate of drug-likeness (QED) is 0.258. The Hall–Kier alpha value is -5.42. The molecular weight excluding hydrogens is 480 g/mol. The van der Waals surface area contributed by atoms with Gasteiger partial charge in [0.15, 0.2) is 0 Å². The highest BCUT2D eigenvalue weighted by Gasteiger charge is 2.22. The van der Waals surface area contributed by atoms with Crippen LogP contribution in [0.25, 0.3) is 82.9 Å². The van der Waals surface area contributed by atoms with E-state index in [1.54, 1.807) is 0 Å². The van der Waals surface area contributed by atoms with E-state index >= 15 is 0 Å². The average Bonchev–Trinajstić information content (AvgIpc) is 3.66. The SMILES string of the molecule is c1ccc(-c2nc(-n3c4ccccc4c4ccccc43)nc3oc4c(ccc5[nH]c6ccccc6c54)c23)cc1. The van der Waals surface area contributed by atoms with Crippen molar-refractivity contribution in [3.8, 4) is 17.2 Å². The second kappa shape index (κ2) is 7.55. The van der Waals surface area contributed by atoms with E-state index in [1.807, 2.05) is 24.3 Å². The lowest BCUT2D eigenvalue weighted by molar-refractivity contribution is 0.655. The van der Waals surface area contributed by atoms with E-state index in [9.17, 15) is 0 Å². The van der Waals surface area contributed by atoms with Crippen molar-refractivity contribution in [2.75, 3.05) is 0 Å². The number of benzene rings is 5. The molecule has 0 fully saturated rings. The number of aromatic amines is 1. The molecule has 39 heavy (non-hydrogen) atoms. The third kappa shape index (κ3) is 2.79. The Morgan fingerprint density at radius 1 is 0.538 bits per heavy atom. The van der Waals surface area contributed by atoms with Gasteiger partial charge >= 0.3 is 0 Å². The highest BCUT2D eigenvalue weighted by Crippen LogP contribution is 2.41. The average molecular weight is 501 g/mol. The van der Waals surface area contributed by atoms with Crippen LogP contribution in [0.4, 0.5) is 0 Å². The predicted molar refractivity (Wildman–Crippen MR) is 158 cm³/mol. The van der Waals surface area contributed by atoms with Gasteiger partial charge in [-0.3, -0.25) is 4.57 Å². The minimum Gasteiger partial charge on any atom is -0.437 e. The van der Waals surface area contributed by atoms with Gasteiger partial charge < -0.3 is 9.40 Å². The molecule has 9 aromatic rings.